The summed E-state index contributed by atoms with van der Waals surface area (Å²) >= 11 is 0. The van der Waals surface area contributed by atoms with Gasteiger partial charge in [0.2, 0.25) is 5.91 Å². The Labute approximate surface area is 100 Å². The summed E-state index contributed by atoms with van der Waals surface area (Å²) in [6.45, 7) is 3.34. The van der Waals surface area contributed by atoms with E-state index in [1.54, 1.807) is 6.92 Å². The fraction of sp³-hybridized carbons (Fsp3) is 0.667. The predicted molar refractivity (Wildman–Crippen MR) is 62.5 cm³/mol. The molecule has 1 saturated carbocycles. The van der Waals surface area contributed by atoms with Crippen molar-refractivity contribution >= 4 is 11.9 Å². The molecule has 1 aliphatic heterocycles. The molecule has 0 aromatic heterocycles. The topological polar surface area (TPSA) is 78.4 Å². The van der Waals surface area contributed by atoms with E-state index in [-0.39, 0.29) is 11.9 Å². The molecule has 1 amide bonds. The van der Waals surface area contributed by atoms with Gasteiger partial charge in [-0.3, -0.25) is 9.59 Å². The Morgan fingerprint density at radius 2 is 2.06 bits per heavy atom. The van der Waals surface area contributed by atoms with Gasteiger partial charge in [0.15, 0.2) is 0 Å². The number of hydrogen-bond donors (Lipinski definition) is 3. The molecule has 5 heteroatoms. The van der Waals surface area contributed by atoms with Gasteiger partial charge in [0.25, 0.3) is 0 Å². The van der Waals surface area contributed by atoms with Crippen molar-refractivity contribution in [2.45, 2.75) is 32.2 Å². The van der Waals surface area contributed by atoms with Crippen molar-refractivity contribution in [3.8, 4) is 0 Å². The molecule has 2 unspecified atom stereocenters. The van der Waals surface area contributed by atoms with E-state index in [2.05, 4.69) is 10.6 Å². The highest BCUT2D eigenvalue weighted by molar-refractivity contribution is 5.94. The molecular formula is C12H18N2O3. The fourth-order valence-corrected chi connectivity index (χ4v) is 2.38. The number of carbonyl (C=O) groups is 2. The molecule has 2 rings (SSSR count). The van der Waals surface area contributed by atoms with Crippen molar-refractivity contribution in [2.24, 2.45) is 5.92 Å². The van der Waals surface area contributed by atoms with Gasteiger partial charge in [0.05, 0.1) is 5.92 Å². The number of carbonyl (C=O) groups excluding carboxylic acids is 1. The van der Waals surface area contributed by atoms with E-state index in [9.17, 15) is 9.59 Å². The highest BCUT2D eigenvalue weighted by atomic mass is 16.4. The lowest BCUT2D eigenvalue weighted by molar-refractivity contribution is -0.142. The van der Waals surface area contributed by atoms with Crippen molar-refractivity contribution in [2.75, 3.05) is 13.1 Å². The summed E-state index contributed by atoms with van der Waals surface area (Å²) in [5, 5.41) is 15.0. The predicted octanol–water partition coefficient (Wildman–Crippen LogP) is 0.276. The van der Waals surface area contributed by atoms with E-state index in [0.717, 1.165) is 37.1 Å². The summed E-state index contributed by atoms with van der Waals surface area (Å²) in [6, 6.07) is -0.205. The van der Waals surface area contributed by atoms with Gasteiger partial charge in [-0.25, -0.2) is 0 Å². The van der Waals surface area contributed by atoms with Crippen LogP contribution in [0.25, 0.3) is 0 Å². The van der Waals surface area contributed by atoms with Crippen molar-refractivity contribution in [1.29, 1.82) is 0 Å². The van der Waals surface area contributed by atoms with Crippen LogP contribution in [-0.2, 0) is 9.59 Å². The molecule has 0 aromatic rings. The summed E-state index contributed by atoms with van der Waals surface area (Å²) in [7, 11) is 0. The number of nitrogens with one attached hydrogen (secondary N) is 2. The van der Waals surface area contributed by atoms with Gasteiger partial charge in [-0.1, -0.05) is 6.42 Å². The first-order valence-electron chi connectivity index (χ1n) is 6.02. The molecule has 0 spiro atoms. The van der Waals surface area contributed by atoms with E-state index < -0.39 is 11.9 Å². The lowest BCUT2D eigenvalue weighted by Gasteiger charge is -2.23. The van der Waals surface area contributed by atoms with Gasteiger partial charge in [0, 0.05) is 24.7 Å². The summed E-state index contributed by atoms with van der Waals surface area (Å²) in [6.07, 6.45) is 2.31. The smallest absolute Gasteiger partial charge is 0.308 e. The Bertz CT molecular complexity index is 370. The number of aliphatic carboxylic acids is 1. The molecule has 1 aliphatic carbocycles. The normalized spacial score (nSPS) is 27.5. The van der Waals surface area contributed by atoms with Crippen LogP contribution in [0.1, 0.15) is 26.2 Å². The first-order valence-corrected chi connectivity index (χ1v) is 6.02. The van der Waals surface area contributed by atoms with Gasteiger partial charge in [-0.15, -0.1) is 0 Å². The van der Waals surface area contributed by atoms with Crippen LogP contribution in [-0.4, -0.2) is 36.1 Å². The van der Waals surface area contributed by atoms with E-state index in [1.165, 1.54) is 0 Å². The van der Waals surface area contributed by atoms with E-state index >= 15 is 0 Å². The largest absolute Gasteiger partial charge is 0.481 e. The zero-order valence-electron chi connectivity index (χ0n) is 9.95. The monoisotopic (exact) mass is 238 g/mol. The highest BCUT2D eigenvalue weighted by Gasteiger charge is 2.34. The van der Waals surface area contributed by atoms with Crippen LogP contribution in [0.3, 0.4) is 0 Å². The van der Waals surface area contributed by atoms with Crippen LogP contribution in [0.4, 0.5) is 0 Å². The Balaban J connectivity index is 1.96. The lowest BCUT2D eigenvalue weighted by atomic mass is 10.0. The van der Waals surface area contributed by atoms with Crippen molar-refractivity contribution in [3.05, 3.63) is 11.1 Å². The zero-order chi connectivity index (χ0) is 12.4. The minimum Gasteiger partial charge on any atom is -0.481 e. The molecule has 0 aromatic carbocycles. The SMILES string of the molecule is CC(C(=O)NC1CCCC1C(=O)O)=C1CNC1. The molecule has 1 heterocycles. The average Bonchev–Trinajstić information content (AvgIpc) is 2.62. The Morgan fingerprint density at radius 3 is 2.59 bits per heavy atom. The second kappa shape index (κ2) is 4.87. The third-order valence-corrected chi connectivity index (χ3v) is 3.70. The minimum atomic E-state index is -0.802. The maximum absolute atomic E-state index is 11.9. The zero-order valence-corrected chi connectivity index (χ0v) is 9.95. The van der Waals surface area contributed by atoms with Gasteiger partial charge in [-0.2, -0.15) is 0 Å². The molecule has 2 atom stereocenters. The number of hydrogen-bond acceptors (Lipinski definition) is 3. The van der Waals surface area contributed by atoms with Gasteiger partial charge < -0.3 is 15.7 Å². The molecule has 2 aliphatic rings. The molecule has 1 saturated heterocycles. The third kappa shape index (κ3) is 2.49. The number of rotatable bonds is 3. The number of amides is 1. The molecule has 3 N–H and O–H groups in total. The quantitative estimate of drug-likeness (QED) is 0.617. The van der Waals surface area contributed by atoms with Crippen LogP contribution in [0.5, 0.6) is 0 Å². The number of carboxylic acids is 1. The summed E-state index contributed by atoms with van der Waals surface area (Å²) in [4.78, 5) is 22.9. The van der Waals surface area contributed by atoms with Crippen LogP contribution in [0, 0.1) is 5.92 Å². The Morgan fingerprint density at radius 1 is 1.35 bits per heavy atom. The summed E-state index contributed by atoms with van der Waals surface area (Å²) in [5.74, 6) is -1.33. The number of carboxylic acid groups (broad SMARTS) is 1. The molecule has 94 valence electrons. The van der Waals surface area contributed by atoms with Crippen molar-refractivity contribution in [1.82, 2.24) is 10.6 Å². The molecule has 5 nitrogen and oxygen atoms in total. The molecule has 17 heavy (non-hydrogen) atoms. The van der Waals surface area contributed by atoms with Crippen LogP contribution in [0.15, 0.2) is 11.1 Å². The molecule has 2 fully saturated rings. The van der Waals surface area contributed by atoms with Crippen molar-refractivity contribution in [3.63, 3.8) is 0 Å². The maximum atomic E-state index is 11.9. The summed E-state index contributed by atoms with van der Waals surface area (Å²) in [5.41, 5.74) is 1.85. The Hall–Kier alpha value is -1.36. The van der Waals surface area contributed by atoms with Crippen LogP contribution in [0.2, 0.25) is 0 Å². The average molecular weight is 238 g/mol. The molecule has 0 radical (unpaired) electrons. The van der Waals surface area contributed by atoms with E-state index in [4.69, 9.17) is 5.11 Å². The third-order valence-electron chi connectivity index (χ3n) is 3.70. The summed E-state index contributed by atoms with van der Waals surface area (Å²) < 4.78 is 0. The van der Waals surface area contributed by atoms with E-state index in [1.807, 2.05) is 0 Å². The van der Waals surface area contributed by atoms with Gasteiger partial charge >= 0.3 is 5.97 Å². The van der Waals surface area contributed by atoms with Gasteiger partial charge in [0.1, 0.15) is 0 Å². The van der Waals surface area contributed by atoms with Crippen molar-refractivity contribution < 1.29 is 14.7 Å². The second-order valence-electron chi connectivity index (χ2n) is 4.79. The first-order chi connectivity index (χ1) is 8.09. The maximum Gasteiger partial charge on any atom is 0.308 e. The minimum absolute atomic E-state index is 0.111. The second-order valence-corrected chi connectivity index (χ2v) is 4.79. The van der Waals surface area contributed by atoms with Crippen LogP contribution >= 0.6 is 0 Å². The Kier molecular flexibility index (Phi) is 3.47. The van der Waals surface area contributed by atoms with Gasteiger partial charge in [-0.05, 0) is 25.3 Å². The highest BCUT2D eigenvalue weighted by Crippen LogP contribution is 2.26. The van der Waals surface area contributed by atoms with E-state index in [0.29, 0.717) is 6.42 Å². The lowest BCUT2D eigenvalue weighted by Crippen LogP contribution is -2.43. The standard InChI is InChI=1S/C12H18N2O3/c1-7(8-5-13-6-8)11(15)14-10-4-2-3-9(10)12(16)17/h9-10,13H,2-6H2,1H3,(H,14,15)(H,16,17). The first kappa shape index (κ1) is 12.1. The molecular weight excluding hydrogens is 220 g/mol. The fourth-order valence-electron chi connectivity index (χ4n) is 2.38. The molecule has 0 bridgehead atoms. The van der Waals surface area contributed by atoms with Crippen LogP contribution < -0.4 is 10.6 Å².